The molecule has 1 aliphatic heterocycles. The zero-order valence-corrected chi connectivity index (χ0v) is 25.6. The second kappa shape index (κ2) is 15.8. The topological polar surface area (TPSA) is 117 Å². The zero-order chi connectivity index (χ0) is 28.6. The number of carboxylic acid groups (broad SMARTS) is 1. The number of Topliss-reactive ketones (excluding diaryl/α,β-unsaturated/α-hetero) is 1. The molecule has 1 rings (SSSR count). The minimum absolute atomic E-state index is 0.0761. The molecule has 9 heteroatoms. The lowest BCUT2D eigenvalue weighted by Crippen LogP contribution is -2.54. The Hall–Kier alpha value is -0.630. The van der Waals surface area contributed by atoms with Crippen molar-refractivity contribution in [3.63, 3.8) is 0 Å². The predicted molar refractivity (Wildman–Crippen MR) is 149 cm³/mol. The van der Waals surface area contributed by atoms with Crippen LogP contribution in [0.4, 0.5) is 0 Å². The number of hydrogen-bond acceptors (Lipinski definition) is 7. The quantitative estimate of drug-likeness (QED) is 0.250. The number of hydrogen-bond donors (Lipinski definition) is 3. The van der Waals surface area contributed by atoms with Crippen LogP contribution in [0.15, 0.2) is 0 Å². The highest BCUT2D eigenvalue weighted by atomic mass is 31.0. The zero-order valence-electron chi connectivity index (χ0n) is 24.5. The van der Waals surface area contributed by atoms with Gasteiger partial charge in [0.15, 0.2) is 6.29 Å². The normalized spacial score (nSPS) is 29.1. The highest BCUT2D eigenvalue weighted by Crippen LogP contribution is 2.32. The maximum absolute atomic E-state index is 13.0. The van der Waals surface area contributed by atoms with Gasteiger partial charge in [-0.25, -0.2) is 0 Å². The fourth-order valence-corrected chi connectivity index (χ4v) is 6.57. The number of aliphatic hydroxyl groups is 2. The number of rotatable bonds is 16. The molecular weight excluding hydrogens is 493 g/mol. The Morgan fingerprint density at radius 3 is 2.22 bits per heavy atom. The van der Waals surface area contributed by atoms with Crippen LogP contribution in [0.5, 0.6) is 0 Å². The van der Waals surface area contributed by atoms with E-state index in [2.05, 4.69) is 23.1 Å². The Morgan fingerprint density at radius 2 is 1.70 bits per heavy atom. The minimum atomic E-state index is -0.939. The van der Waals surface area contributed by atoms with Gasteiger partial charge in [-0.2, -0.15) is 0 Å². The van der Waals surface area contributed by atoms with Crippen LogP contribution in [0.25, 0.3) is 0 Å². The van der Waals surface area contributed by atoms with Crippen LogP contribution in [0.2, 0.25) is 0 Å². The SMILES string of the molecule is CCC[C@H](C)[C@H](O)[C@@H](C)C(=O)[C@H](C)C[C@H](C)C[C@@H](P)C(O[C@H]1CC(N(C)C)[C@H](O)C(C)O1)[C@@H](C)C(=O)O. The van der Waals surface area contributed by atoms with E-state index in [0.717, 1.165) is 12.8 Å². The number of carboxylic acids is 1. The first kappa shape index (κ1) is 34.4. The third-order valence-electron chi connectivity index (χ3n) is 8.16. The Morgan fingerprint density at radius 1 is 1.11 bits per heavy atom. The van der Waals surface area contributed by atoms with Crippen LogP contribution in [-0.4, -0.2) is 88.5 Å². The minimum Gasteiger partial charge on any atom is -0.481 e. The van der Waals surface area contributed by atoms with Crippen LogP contribution in [0.3, 0.4) is 0 Å². The molecule has 4 unspecified atom stereocenters. The molecule has 0 saturated carbocycles. The molecule has 0 spiro atoms. The predicted octanol–water partition coefficient (Wildman–Crippen LogP) is 3.82. The summed E-state index contributed by atoms with van der Waals surface area (Å²) in [5.74, 6) is -2.01. The molecule has 1 heterocycles. The summed E-state index contributed by atoms with van der Waals surface area (Å²) in [5, 5.41) is 30.9. The van der Waals surface area contributed by atoms with Gasteiger partial charge in [-0.05, 0) is 59.0 Å². The molecule has 0 aliphatic carbocycles. The third kappa shape index (κ3) is 10.1. The number of ether oxygens (including phenoxy) is 2. The molecule has 3 N–H and O–H groups in total. The molecule has 1 aliphatic rings. The fourth-order valence-electron chi connectivity index (χ4n) is 5.68. The molecule has 37 heavy (non-hydrogen) atoms. The van der Waals surface area contributed by atoms with Crippen molar-refractivity contribution >= 4 is 21.0 Å². The summed E-state index contributed by atoms with van der Waals surface area (Å²) < 4.78 is 12.2. The maximum Gasteiger partial charge on any atom is 0.308 e. The second-order valence-corrected chi connectivity index (χ2v) is 12.7. The Balaban J connectivity index is 2.84. The first-order valence-electron chi connectivity index (χ1n) is 14.0. The average molecular weight is 548 g/mol. The van der Waals surface area contributed by atoms with Crippen molar-refractivity contribution in [2.24, 2.45) is 29.6 Å². The lowest BCUT2D eigenvalue weighted by Gasteiger charge is -2.43. The number of aliphatic carboxylic acids is 1. The van der Waals surface area contributed by atoms with E-state index in [-0.39, 0.29) is 35.2 Å². The molecule has 0 aromatic rings. The van der Waals surface area contributed by atoms with Crippen molar-refractivity contribution in [1.82, 2.24) is 4.90 Å². The van der Waals surface area contributed by atoms with Crippen LogP contribution >= 0.6 is 9.24 Å². The molecule has 1 fully saturated rings. The Bertz CT molecular complexity index is 708. The third-order valence-corrected chi connectivity index (χ3v) is 8.81. The van der Waals surface area contributed by atoms with E-state index in [1.165, 1.54) is 0 Å². The summed E-state index contributed by atoms with van der Waals surface area (Å²) in [7, 11) is 6.55. The number of ketones is 1. The Kier molecular flexibility index (Phi) is 14.7. The molecule has 1 saturated heterocycles. The first-order chi connectivity index (χ1) is 17.1. The van der Waals surface area contributed by atoms with E-state index in [9.17, 15) is 24.9 Å². The number of carbonyl (C=O) groups is 2. The van der Waals surface area contributed by atoms with Crippen LogP contribution in [0, 0.1) is 29.6 Å². The van der Waals surface area contributed by atoms with E-state index in [4.69, 9.17) is 9.47 Å². The molecule has 13 atom stereocenters. The van der Waals surface area contributed by atoms with E-state index < -0.39 is 48.5 Å². The maximum atomic E-state index is 13.0. The van der Waals surface area contributed by atoms with E-state index in [0.29, 0.717) is 19.3 Å². The van der Waals surface area contributed by atoms with Gasteiger partial charge >= 0.3 is 5.97 Å². The van der Waals surface area contributed by atoms with Gasteiger partial charge in [0, 0.05) is 30.0 Å². The Labute approximate surface area is 227 Å². The highest BCUT2D eigenvalue weighted by molar-refractivity contribution is 7.17. The van der Waals surface area contributed by atoms with Gasteiger partial charge < -0.3 is 29.7 Å². The number of nitrogens with zero attached hydrogens (tertiary/aromatic N) is 1. The summed E-state index contributed by atoms with van der Waals surface area (Å²) in [6.45, 7) is 13.3. The number of likely N-dealkylation sites (N-methyl/N-ethyl adjacent to an activating group) is 1. The van der Waals surface area contributed by atoms with E-state index in [1.807, 2.05) is 39.8 Å². The molecule has 8 nitrogen and oxygen atoms in total. The average Bonchev–Trinajstić information content (AvgIpc) is 2.82. The van der Waals surface area contributed by atoms with Gasteiger partial charge in [0.05, 0.1) is 30.3 Å². The second-order valence-electron chi connectivity index (χ2n) is 11.8. The monoisotopic (exact) mass is 547 g/mol. The molecule has 0 bridgehead atoms. The summed E-state index contributed by atoms with van der Waals surface area (Å²) in [6, 6.07) is -0.152. The van der Waals surface area contributed by atoms with E-state index >= 15 is 0 Å². The first-order valence-corrected chi connectivity index (χ1v) is 14.6. The molecule has 0 aromatic heterocycles. The van der Waals surface area contributed by atoms with Gasteiger partial charge in [0.25, 0.3) is 0 Å². The summed E-state index contributed by atoms with van der Waals surface area (Å²) in [5.41, 5.74) is -0.167. The standard InChI is InChI=1S/C28H54NO7P/c1-10-11-16(3)24(30)18(5)25(31)17(4)12-15(2)13-22(37)27(19(6)28(33)34)36-23-14-21(29(8)9)26(32)20(7)35-23/h15-24,26-27,30,32H,10-14,37H2,1-9H3,(H,33,34)/t15-,16-,17+,18+,19+,20?,21?,22+,23-,24-,26+,27?/m0/s1. The van der Waals surface area contributed by atoms with Crippen molar-refractivity contribution in [3.05, 3.63) is 0 Å². The largest absolute Gasteiger partial charge is 0.481 e. The van der Waals surface area contributed by atoms with E-state index in [1.54, 1.807) is 13.8 Å². The summed E-state index contributed by atoms with van der Waals surface area (Å²) in [6.07, 6.45) is 0.663. The van der Waals surface area contributed by atoms with Crippen molar-refractivity contribution < 1.29 is 34.4 Å². The van der Waals surface area contributed by atoms with Crippen molar-refractivity contribution in [3.8, 4) is 0 Å². The molecule has 0 radical (unpaired) electrons. The lowest BCUT2D eigenvalue weighted by molar-refractivity contribution is -0.254. The smallest absolute Gasteiger partial charge is 0.308 e. The summed E-state index contributed by atoms with van der Waals surface area (Å²) in [4.78, 5) is 26.9. The van der Waals surface area contributed by atoms with Crippen molar-refractivity contribution in [1.29, 1.82) is 0 Å². The van der Waals surface area contributed by atoms with Gasteiger partial charge in [0.2, 0.25) is 0 Å². The molecule has 218 valence electrons. The van der Waals surface area contributed by atoms with Crippen molar-refractivity contribution in [2.45, 2.75) is 123 Å². The van der Waals surface area contributed by atoms with Crippen LogP contribution < -0.4 is 0 Å². The van der Waals surface area contributed by atoms with Gasteiger partial charge in [0.1, 0.15) is 5.78 Å². The number of carbonyl (C=O) groups excluding carboxylic acids is 1. The highest BCUT2D eigenvalue weighted by Gasteiger charge is 2.40. The van der Waals surface area contributed by atoms with Gasteiger partial charge in [-0.1, -0.05) is 41.0 Å². The molecule has 0 amide bonds. The lowest BCUT2D eigenvalue weighted by atomic mass is 9.80. The molecule has 0 aromatic carbocycles. The van der Waals surface area contributed by atoms with Crippen LogP contribution in [-0.2, 0) is 19.1 Å². The molecular formula is C28H54NO7P. The fraction of sp³-hybridized carbons (Fsp3) is 0.929. The van der Waals surface area contributed by atoms with Gasteiger partial charge in [-0.15, -0.1) is 9.24 Å². The van der Waals surface area contributed by atoms with Crippen LogP contribution in [0.1, 0.15) is 80.6 Å². The summed E-state index contributed by atoms with van der Waals surface area (Å²) >= 11 is 0. The number of aliphatic hydroxyl groups excluding tert-OH is 2. The van der Waals surface area contributed by atoms with Crippen molar-refractivity contribution in [2.75, 3.05) is 14.1 Å². The van der Waals surface area contributed by atoms with Gasteiger partial charge in [-0.3, -0.25) is 9.59 Å².